The number of amides is 1. The quantitative estimate of drug-likeness (QED) is 0.782. The second-order valence-corrected chi connectivity index (χ2v) is 6.17. The third kappa shape index (κ3) is 3.34. The lowest BCUT2D eigenvalue weighted by atomic mass is 10.2. The number of carbonyl (C=O) groups excluding carboxylic acids is 1. The van der Waals surface area contributed by atoms with Crippen molar-refractivity contribution in [3.05, 3.63) is 23.9 Å². The normalized spacial score (nSPS) is 20.6. The van der Waals surface area contributed by atoms with E-state index in [1.54, 1.807) is 6.20 Å². The highest BCUT2D eigenvalue weighted by molar-refractivity contribution is 7.13. The smallest absolute Gasteiger partial charge is 0.257 e. The van der Waals surface area contributed by atoms with Gasteiger partial charge in [0.2, 0.25) is 0 Å². The summed E-state index contributed by atoms with van der Waals surface area (Å²) in [6.45, 7) is 7.04. The third-order valence-electron chi connectivity index (χ3n) is 4.04. The van der Waals surface area contributed by atoms with Gasteiger partial charge in [-0.3, -0.25) is 9.46 Å². The van der Waals surface area contributed by atoms with E-state index in [4.69, 9.17) is 0 Å². The van der Waals surface area contributed by atoms with Gasteiger partial charge < -0.3 is 15.1 Å². The van der Waals surface area contributed by atoms with Crippen molar-refractivity contribution < 1.29 is 4.79 Å². The molecule has 114 valence electrons. The minimum absolute atomic E-state index is 0.106. The molecule has 1 atom stereocenters. The molecule has 7 heteroatoms. The zero-order valence-electron chi connectivity index (χ0n) is 12.2. The number of nitrogens with zero attached hydrogens (tertiary/aromatic N) is 4. The number of pyridine rings is 1. The van der Waals surface area contributed by atoms with E-state index >= 15 is 0 Å². The lowest BCUT2D eigenvalue weighted by Gasteiger charge is -2.34. The molecule has 2 fully saturated rings. The van der Waals surface area contributed by atoms with E-state index in [-0.39, 0.29) is 5.91 Å². The molecule has 1 aromatic heterocycles. The maximum Gasteiger partial charge on any atom is 0.257 e. The van der Waals surface area contributed by atoms with Gasteiger partial charge in [0, 0.05) is 58.6 Å². The molecule has 1 aromatic rings. The van der Waals surface area contributed by atoms with Crippen LogP contribution in [-0.4, -0.2) is 72.8 Å². The Morgan fingerprint density at radius 1 is 1.14 bits per heavy atom. The first-order valence-electron chi connectivity index (χ1n) is 7.45. The van der Waals surface area contributed by atoms with Crippen molar-refractivity contribution in [2.24, 2.45) is 0 Å². The summed E-state index contributed by atoms with van der Waals surface area (Å²) in [5, 5.41) is 3.33. The Balaban J connectivity index is 1.79. The van der Waals surface area contributed by atoms with Gasteiger partial charge in [-0.1, -0.05) is 9.39 Å². The SMILES string of the molecule is O=C(c1cccnc1N1CCNCC1)N1CCN(P)CC1. The molecule has 0 aliphatic carbocycles. The predicted octanol–water partition coefficient (Wildman–Crippen LogP) is 0.0391. The summed E-state index contributed by atoms with van der Waals surface area (Å²) < 4.78 is 2.17. The number of aromatic nitrogens is 1. The van der Waals surface area contributed by atoms with Crippen molar-refractivity contribution in [2.45, 2.75) is 0 Å². The lowest BCUT2D eigenvalue weighted by molar-refractivity contribution is 0.0703. The van der Waals surface area contributed by atoms with Crippen molar-refractivity contribution in [3.8, 4) is 0 Å². The van der Waals surface area contributed by atoms with Crippen LogP contribution in [0.5, 0.6) is 0 Å². The van der Waals surface area contributed by atoms with Crippen LogP contribution in [0.25, 0.3) is 0 Å². The highest BCUT2D eigenvalue weighted by Crippen LogP contribution is 2.20. The van der Waals surface area contributed by atoms with Crippen molar-refractivity contribution in [1.82, 2.24) is 19.9 Å². The Bertz CT molecular complexity index is 498. The van der Waals surface area contributed by atoms with Gasteiger partial charge >= 0.3 is 0 Å². The summed E-state index contributed by atoms with van der Waals surface area (Å²) in [4.78, 5) is 21.4. The second-order valence-electron chi connectivity index (χ2n) is 5.44. The zero-order chi connectivity index (χ0) is 14.7. The molecule has 2 aliphatic rings. The Hall–Kier alpha value is -1.23. The van der Waals surface area contributed by atoms with E-state index in [2.05, 4.69) is 29.3 Å². The largest absolute Gasteiger partial charge is 0.353 e. The van der Waals surface area contributed by atoms with Crippen LogP contribution in [0.1, 0.15) is 10.4 Å². The van der Waals surface area contributed by atoms with Gasteiger partial charge in [-0.2, -0.15) is 0 Å². The van der Waals surface area contributed by atoms with Crippen molar-refractivity contribution in [3.63, 3.8) is 0 Å². The van der Waals surface area contributed by atoms with Crippen molar-refractivity contribution in [2.75, 3.05) is 57.3 Å². The average Bonchev–Trinajstić information content (AvgIpc) is 2.56. The van der Waals surface area contributed by atoms with E-state index in [0.717, 1.165) is 63.7 Å². The Morgan fingerprint density at radius 3 is 2.57 bits per heavy atom. The highest BCUT2D eigenvalue weighted by Gasteiger charge is 2.25. The molecule has 3 rings (SSSR count). The Labute approximate surface area is 127 Å². The molecule has 21 heavy (non-hydrogen) atoms. The first-order chi connectivity index (χ1) is 10.3. The Morgan fingerprint density at radius 2 is 1.86 bits per heavy atom. The Kier molecular flexibility index (Phi) is 4.68. The van der Waals surface area contributed by atoms with Gasteiger partial charge in [0.25, 0.3) is 5.91 Å². The molecule has 1 amide bonds. The number of rotatable bonds is 2. The molecular weight excluding hydrogens is 285 g/mol. The van der Waals surface area contributed by atoms with Crippen LogP contribution in [0.15, 0.2) is 18.3 Å². The first kappa shape index (κ1) is 14.7. The number of hydrogen-bond acceptors (Lipinski definition) is 5. The molecule has 0 spiro atoms. The van der Waals surface area contributed by atoms with Crippen LogP contribution >= 0.6 is 9.39 Å². The molecule has 0 saturated carbocycles. The van der Waals surface area contributed by atoms with Gasteiger partial charge in [-0.15, -0.1) is 0 Å². The molecule has 1 N–H and O–H groups in total. The molecule has 2 aliphatic heterocycles. The number of piperazine rings is 2. The monoisotopic (exact) mass is 307 g/mol. The van der Waals surface area contributed by atoms with Crippen molar-refractivity contribution in [1.29, 1.82) is 0 Å². The van der Waals surface area contributed by atoms with E-state index in [0.29, 0.717) is 0 Å². The number of carbonyl (C=O) groups is 1. The van der Waals surface area contributed by atoms with Crippen LogP contribution in [0.4, 0.5) is 5.82 Å². The predicted molar refractivity (Wildman–Crippen MR) is 86.5 cm³/mol. The fourth-order valence-electron chi connectivity index (χ4n) is 2.79. The fourth-order valence-corrected chi connectivity index (χ4v) is 3.02. The van der Waals surface area contributed by atoms with Crippen LogP contribution in [0.2, 0.25) is 0 Å². The number of nitrogens with one attached hydrogen (secondary N) is 1. The zero-order valence-corrected chi connectivity index (χ0v) is 13.3. The second kappa shape index (κ2) is 6.69. The molecule has 6 nitrogen and oxygen atoms in total. The van der Waals surface area contributed by atoms with Crippen molar-refractivity contribution >= 4 is 21.1 Å². The standard InChI is InChI=1S/C14H22N5OP/c20-14(18-8-10-19(21)11-9-18)12-2-1-3-16-13(12)17-6-4-15-5-7-17/h1-3,15H,4-11,21H2. The van der Waals surface area contributed by atoms with E-state index in [1.807, 2.05) is 17.0 Å². The molecular formula is C14H22N5OP. The summed E-state index contributed by atoms with van der Waals surface area (Å²) in [6, 6.07) is 3.75. The van der Waals surface area contributed by atoms with Crippen LogP contribution in [0.3, 0.4) is 0 Å². The fraction of sp³-hybridized carbons (Fsp3) is 0.571. The van der Waals surface area contributed by atoms with E-state index in [9.17, 15) is 4.79 Å². The maximum atomic E-state index is 12.8. The summed E-state index contributed by atoms with van der Waals surface area (Å²) >= 11 is 0. The molecule has 0 aromatic carbocycles. The molecule has 1 unspecified atom stereocenters. The number of hydrogen-bond donors (Lipinski definition) is 1. The van der Waals surface area contributed by atoms with Gasteiger partial charge in [0.1, 0.15) is 5.82 Å². The summed E-state index contributed by atoms with van der Waals surface area (Å²) in [5.41, 5.74) is 0.733. The van der Waals surface area contributed by atoms with Crippen LogP contribution in [-0.2, 0) is 0 Å². The maximum absolute atomic E-state index is 12.8. The van der Waals surface area contributed by atoms with Gasteiger partial charge in [-0.25, -0.2) is 4.98 Å². The van der Waals surface area contributed by atoms with Gasteiger partial charge in [-0.05, 0) is 12.1 Å². The minimum atomic E-state index is 0.106. The molecule has 2 saturated heterocycles. The molecule has 0 bridgehead atoms. The topological polar surface area (TPSA) is 51.7 Å². The van der Waals surface area contributed by atoms with Gasteiger partial charge in [0.05, 0.1) is 5.56 Å². The average molecular weight is 307 g/mol. The molecule has 0 radical (unpaired) electrons. The molecule has 3 heterocycles. The summed E-state index contributed by atoms with van der Waals surface area (Å²) in [7, 11) is 2.70. The summed E-state index contributed by atoms with van der Waals surface area (Å²) in [6.07, 6.45) is 1.77. The summed E-state index contributed by atoms with van der Waals surface area (Å²) in [5.74, 6) is 0.937. The van der Waals surface area contributed by atoms with E-state index in [1.165, 1.54) is 0 Å². The number of anilines is 1. The lowest BCUT2D eigenvalue weighted by Crippen LogP contribution is -2.47. The first-order valence-corrected chi connectivity index (χ1v) is 7.97. The minimum Gasteiger partial charge on any atom is -0.353 e. The third-order valence-corrected chi connectivity index (χ3v) is 4.55. The highest BCUT2D eigenvalue weighted by atomic mass is 31.0. The van der Waals surface area contributed by atoms with Crippen LogP contribution < -0.4 is 10.2 Å². The van der Waals surface area contributed by atoms with Crippen LogP contribution in [0, 0.1) is 0 Å². The van der Waals surface area contributed by atoms with Gasteiger partial charge in [0.15, 0.2) is 0 Å². The van der Waals surface area contributed by atoms with E-state index < -0.39 is 0 Å².